The molecular formula is C11H9BrN2. The van der Waals surface area contributed by atoms with Gasteiger partial charge >= 0.3 is 0 Å². The zero-order valence-electron chi connectivity index (χ0n) is 7.63. The van der Waals surface area contributed by atoms with E-state index >= 15 is 0 Å². The maximum atomic E-state index is 8.59. The first-order valence-corrected chi connectivity index (χ1v) is 5.09. The van der Waals surface area contributed by atoms with Crippen LogP contribution in [0.15, 0.2) is 22.7 Å². The average molecular weight is 249 g/mol. The van der Waals surface area contributed by atoms with Crippen molar-refractivity contribution in [1.29, 1.82) is 10.5 Å². The predicted octanol–water partition coefficient (Wildman–Crippen LogP) is 2.97. The van der Waals surface area contributed by atoms with Gasteiger partial charge in [0.2, 0.25) is 0 Å². The number of nitrogens with zero attached hydrogens (tertiary/aromatic N) is 2. The standard InChI is InChI=1S/C11H9BrN2/c12-11-9(5-2-7-13)3-1-4-10(11)6-8-14/h1,3-4H,2,5-6H2. The lowest BCUT2D eigenvalue weighted by molar-refractivity contribution is 0.996. The Kier molecular flexibility index (Phi) is 4.16. The van der Waals surface area contributed by atoms with Crippen LogP contribution >= 0.6 is 15.9 Å². The molecule has 0 bridgehead atoms. The largest absolute Gasteiger partial charge is 0.198 e. The summed E-state index contributed by atoms with van der Waals surface area (Å²) in [6.45, 7) is 0. The SMILES string of the molecule is N#CCCc1cccc(CC#N)c1Br. The van der Waals surface area contributed by atoms with Gasteiger partial charge in [0, 0.05) is 10.9 Å². The molecule has 70 valence electrons. The van der Waals surface area contributed by atoms with E-state index in [1.807, 2.05) is 18.2 Å². The van der Waals surface area contributed by atoms with Crippen LogP contribution in [-0.2, 0) is 12.8 Å². The molecule has 3 heteroatoms. The van der Waals surface area contributed by atoms with Gasteiger partial charge in [0.15, 0.2) is 0 Å². The second-order valence-electron chi connectivity index (χ2n) is 2.88. The summed E-state index contributed by atoms with van der Waals surface area (Å²) in [4.78, 5) is 0. The van der Waals surface area contributed by atoms with E-state index in [1.165, 1.54) is 0 Å². The summed E-state index contributed by atoms with van der Waals surface area (Å²) in [5.74, 6) is 0. The maximum Gasteiger partial charge on any atom is 0.0670 e. The van der Waals surface area contributed by atoms with Crippen LogP contribution in [0.25, 0.3) is 0 Å². The molecule has 0 fully saturated rings. The van der Waals surface area contributed by atoms with Gasteiger partial charge < -0.3 is 0 Å². The fourth-order valence-corrected chi connectivity index (χ4v) is 1.84. The number of halogens is 1. The van der Waals surface area contributed by atoms with Crippen LogP contribution in [0.1, 0.15) is 17.5 Å². The third kappa shape index (κ3) is 2.58. The van der Waals surface area contributed by atoms with E-state index in [0.29, 0.717) is 12.8 Å². The first-order valence-electron chi connectivity index (χ1n) is 4.29. The van der Waals surface area contributed by atoms with Crippen molar-refractivity contribution in [2.75, 3.05) is 0 Å². The van der Waals surface area contributed by atoms with Crippen molar-refractivity contribution in [3.63, 3.8) is 0 Å². The predicted molar refractivity (Wildman–Crippen MR) is 57.4 cm³/mol. The molecule has 14 heavy (non-hydrogen) atoms. The average Bonchev–Trinajstić information content (AvgIpc) is 2.20. The van der Waals surface area contributed by atoms with Gasteiger partial charge in [0.1, 0.15) is 0 Å². The van der Waals surface area contributed by atoms with Gasteiger partial charge in [0.25, 0.3) is 0 Å². The van der Waals surface area contributed by atoms with Crippen molar-refractivity contribution >= 4 is 15.9 Å². The number of aryl methyl sites for hydroxylation is 1. The zero-order valence-corrected chi connectivity index (χ0v) is 9.21. The Morgan fingerprint density at radius 1 is 1.14 bits per heavy atom. The molecule has 0 aromatic heterocycles. The third-order valence-corrected chi connectivity index (χ3v) is 2.95. The minimum atomic E-state index is 0.404. The van der Waals surface area contributed by atoms with Gasteiger partial charge in [-0.15, -0.1) is 0 Å². The zero-order chi connectivity index (χ0) is 10.4. The van der Waals surface area contributed by atoms with Gasteiger partial charge in [-0.2, -0.15) is 10.5 Å². The number of hydrogen-bond acceptors (Lipinski definition) is 2. The minimum Gasteiger partial charge on any atom is -0.198 e. The van der Waals surface area contributed by atoms with Crippen LogP contribution in [0.5, 0.6) is 0 Å². The number of rotatable bonds is 3. The van der Waals surface area contributed by atoms with E-state index in [9.17, 15) is 0 Å². The van der Waals surface area contributed by atoms with Crippen molar-refractivity contribution in [2.45, 2.75) is 19.3 Å². The lowest BCUT2D eigenvalue weighted by Gasteiger charge is -2.05. The van der Waals surface area contributed by atoms with Crippen molar-refractivity contribution in [3.8, 4) is 12.1 Å². The monoisotopic (exact) mass is 248 g/mol. The third-order valence-electron chi connectivity index (χ3n) is 1.93. The fraction of sp³-hybridized carbons (Fsp3) is 0.273. The lowest BCUT2D eigenvalue weighted by Crippen LogP contribution is -1.91. The first-order chi connectivity index (χ1) is 6.79. The smallest absolute Gasteiger partial charge is 0.0670 e. The number of nitriles is 2. The second kappa shape index (κ2) is 5.42. The Labute approximate surface area is 91.9 Å². The van der Waals surface area contributed by atoms with Gasteiger partial charge in [-0.1, -0.05) is 34.1 Å². The molecule has 1 aromatic rings. The van der Waals surface area contributed by atoms with E-state index in [2.05, 4.69) is 28.1 Å². The summed E-state index contributed by atoms with van der Waals surface area (Å²) < 4.78 is 0.969. The van der Waals surface area contributed by atoms with Crippen LogP contribution < -0.4 is 0 Å². The molecule has 1 rings (SSSR count). The topological polar surface area (TPSA) is 47.6 Å². The van der Waals surface area contributed by atoms with E-state index in [-0.39, 0.29) is 0 Å². The summed E-state index contributed by atoms with van der Waals surface area (Å²) >= 11 is 3.45. The van der Waals surface area contributed by atoms with E-state index < -0.39 is 0 Å². The summed E-state index contributed by atoms with van der Waals surface area (Å²) in [6, 6.07) is 10.0. The van der Waals surface area contributed by atoms with Gasteiger partial charge in [0.05, 0.1) is 18.6 Å². The minimum absolute atomic E-state index is 0.404. The number of benzene rings is 1. The molecule has 0 aliphatic rings. The first kappa shape index (κ1) is 10.8. The van der Waals surface area contributed by atoms with Crippen LogP contribution in [0.4, 0.5) is 0 Å². The number of hydrogen-bond donors (Lipinski definition) is 0. The van der Waals surface area contributed by atoms with Crippen LogP contribution in [0.2, 0.25) is 0 Å². The Morgan fingerprint density at radius 3 is 2.50 bits per heavy atom. The molecule has 0 saturated heterocycles. The molecule has 0 atom stereocenters. The maximum absolute atomic E-state index is 8.59. The molecule has 0 heterocycles. The van der Waals surface area contributed by atoms with Gasteiger partial charge in [-0.3, -0.25) is 0 Å². The quantitative estimate of drug-likeness (QED) is 0.826. The van der Waals surface area contributed by atoms with E-state index in [4.69, 9.17) is 10.5 Å². The summed E-state index contributed by atoms with van der Waals surface area (Å²) in [5, 5.41) is 17.1. The highest BCUT2D eigenvalue weighted by molar-refractivity contribution is 9.10. The fourth-order valence-electron chi connectivity index (χ4n) is 1.24. The molecule has 0 N–H and O–H groups in total. The van der Waals surface area contributed by atoms with E-state index in [1.54, 1.807) is 0 Å². The van der Waals surface area contributed by atoms with Crippen molar-refractivity contribution < 1.29 is 0 Å². The summed E-state index contributed by atoms with van der Waals surface area (Å²) in [6.07, 6.45) is 1.64. The summed E-state index contributed by atoms with van der Waals surface area (Å²) in [7, 11) is 0. The highest BCUT2D eigenvalue weighted by Crippen LogP contribution is 2.23. The van der Waals surface area contributed by atoms with Crippen molar-refractivity contribution in [3.05, 3.63) is 33.8 Å². The Balaban J connectivity index is 2.91. The highest BCUT2D eigenvalue weighted by Gasteiger charge is 2.04. The lowest BCUT2D eigenvalue weighted by atomic mass is 10.1. The molecule has 0 aliphatic carbocycles. The second-order valence-corrected chi connectivity index (χ2v) is 3.68. The molecule has 0 radical (unpaired) electrons. The van der Waals surface area contributed by atoms with Crippen molar-refractivity contribution in [1.82, 2.24) is 0 Å². The normalized spacial score (nSPS) is 9.07. The Hall–Kier alpha value is -1.32. The molecule has 0 saturated carbocycles. The van der Waals surface area contributed by atoms with Crippen LogP contribution in [0.3, 0.4) is 0 Å². The van der Waals surface area contributed by atoms with Crippen LogP contribution in [0, 0.1) is 22.7 Å². The van der Waals surface area contributed by atoms with Crippen molar-refractivity contribution in [2.24, 2.45) is 0 Å². The summed E-state index contributed by atoms with van der Waals surface area (Å²) in [5.41, 5.74) is 2.09. The molecular weight excluding hydrogens is 240 g/mol. The highest BCUT2D eigenvalue weighted by atomic mass is 79.9. The molecule has 0 unspecified atom stereocenters. The Morgan fingerprint density at radius 2 is 1.86 bits per heavy atom. The van der Waals surface area contributed by atoms with E-state index in [0.717, 1.165) is 22.0 Å². The molecule has 2 nitrogen and oxygen atoms in total. The van der Waals surface area contributed by atoms with Gasteiger partial charge in [-0.05, 0) is 17.5 Å². The molecule has 0 spiro atoms. The molecule has 0 amide bonds. The molecule has 0 aliphatic heterocycles. The Bertz CT molecular complexity index is 399. The van der Waals surface area contributed by atoms with Gasteiger partial charge in [-0.25, -0.2) is 0 Å². The molecule has 1 aromatic carbocycles. The van der Waals surface area contributed by atoms with Crippen LogP contribution in [-0.4, -0.2) is 0 Å².